The highest BCUT2D eigenvalue weighted by atomic mass is 32.1. The van der Waals surface area contributed by atoms with Crippen molar-refractivity contribution in [2.75, 3.05) is 5.32 Å². The van der Waals surface area contributed by atoms with Crippen molar-refractivity contribution in [3.8, 4) is 6.07 Å². The van der Waals surface area contributed by atoms with Crippen LogP contribution in [0.3, 0.4) is 0 Å². The first-order valence-corrected chi connectivity index (χ1v) is 8.07. The predicted molar refractivity (Wildman–Crippen MR) is 89.9 cm³/mol. The van der Waals surface area contributed by atoms with Gasteiger partial charge in [0.15, 0.2) is 5.56 Å². The van der Waals surface area contributed by atoms with Crippen molar-refractivity contribution in [2.24, 2.45) is 14.1 Å². The lowest BCUT2D eigenvalue weighted by Gasteiger charge is -2.17. The molecule has 0 radical (unpaired) electrons. The molecule has 1 atom stereocenters. The molecule has 2 aromatic heterocycles. The van der Waals surface area contributed by atoms with Crippen LogP contribution in [-0.2, 0) is 14.1 Å². The van der Waals surface area contributed by atoms with Crippen LogP contribution in [0.1, 0.15) is 49.0 Å². The van der Waals surface area contributed by atoms with Gasteiger partial charge in [-0.1, -0.05) is 13.8 Å². The molecule has 0 aromatic carbocycles. The maximum atomic E-state index is 12.1. The zero-order valence-corrected chi connectivity index (χ0v) is 14.6. The Bertz CT molecular complexity index is 885. The van der Waals surface area contributed by atoms with Gasteiger partial charge in [0.05, 0.1) is 16.7 Å². The molecule has 7 nitrogen and oxygen atoms in total. The summed E-state index contributed by atoms with van der Waals surface area (Å²) in [5.74, 6) is 0.552. The van der Waals surface area contributed by atoms with Crippen LogP contribution in [0.5, 0.6) is 0 Å². The number of hydrogen-bond acceptors (Lipinski definition) is 6. The molecule has 0 saturated carbocycles. The number of thiazole rings is 1. The van der Waals surface area contributed by atoms with Gasteiger partial charge in [-0.2, -0.15) is 5.26 Å². The first kappa shape index (κ1) is 17.0. The van der Waals surface area contributed by atoms with Crippen LogP contribution in [0, 0.1) is 11.3 Å². The van der Waals surface area contributed by atoms with Gasteiger partial charge in [0.2, 0.25) is 0 Å². The van der Waals surface area contributed by atoms with Gasteiger partial charge in [-0.25, -0.2) is 9.78 Å². The van der Waals surface area contributed by atoms with Gasteiger partial charge in [-0.3, -0.25) is 13.9 Å². The second-order valence-corrected chi connectivity index (χ2v) is 6.56. The summed E-state index contributed by atoms with van der Waals surface area (Å²) in [6.07, 6.45) is 0. The average molecular weight is 333 g/mol. The summed E-state index contributed by atoms with van der Waals surface area (Å²) in [4.78, 5) is 28.7. The van der Waals surface area contributed by atoms with Gasteiger partial charge >= 0.3 is 5.69 Å². The van der Waals surface area contributed by atoms with Gasteiger partial charge in [0.25, 0.3) is 5.56 Å². The van der Waals surface area contributed by atoms with Crippen LogP contribution < -0.4 is 16.6 Å². The van der Waals surface area contributed by atoms with Crippen molar-refractivity contribution in [3.05, 3.63) is 42.5 Å². The molecule has 0 fully saturated rings. The summed E-state index contributed by atoms with van der Waals surface area (Å²) in [6.45, 7) is 6.01. The van der Waals surface area contributed by atoms with E-state index in [0.29, 0.717) is 5.92 Å². The van der Waals surface area contributed by atoms with E-state index in [2.05, 4.69) is 24.1 Å². The Morgan fingerprint density at radius 2 is 1.91 bits per heavy atom. The third-order valence-corrected chi connectivity index (χ3v) is 4.77. The van der Waals surface area contributed by atoms with Crippen LogP contribution >= 0.6 is 11.3 Å². The second-order valence-electron chi connectivity index (χ2n) is 5.67. The van der Waals surface area contributed by atoms with E-state index in [1.54, 1.807) is 11.3 Å². The quantitative estimate of drug-likeness (QED) is 0.919. The number of hydrogen-bond donors (Lipinski definition) is 1. The fraction of sp³-hybridized carbons (Fsp3) is 0.467. The second kappa shape index (κ2) is 6.38. The minimum atomic E-state index is -0.605. The van der Waals surface area contributed by atoms with E-state index in [1.165, 1.54) is 18.7 Å². The van der Waals surface area contributed by atoms with Crippen LogP contribution in [0.25, 0.3) is 0 Å². The van der Waals surface area contributed by atoms with Crippen LogP contribution in [-0.4, -0.2) is 14.1 Å². The Hall–Kier alpha value is -2.40. The molecular weight excluding hydrogens is 314 g/mol. The number of nitrogens with one attached hydrogen (secondary N) is 1. The van der Waals surface area contributed by atoms with E-state index in [0.717, 1.165) is 15.3 Å². The SMILES string of the molecule is CC(C)c1nc([C@H](C)Nc2c(C#N)c(=O)n(C)c(=O)n2C)cs1. The zero-order chi connectivity index (χ0) is 17.3. The fourth-order valence-corrected chi connectivity index (χ4v) is 3.09. The lowest BCUT2D eigenvalue weighted by Crippen LogP contribution is -2.40. The molecule has 23 heavy (non-hydrogen) atoms. The largest absolute Gasteiger partial charge is 0.362 e. The molecule has 0 bridgehead atoms. The molecule has 0 saturated heterocycles. The van der Waals surface area contributed by atoms with E-state index in [9.17, 15) is 14.9 Å². The maximum absolute atomic E-state index is 12.1. The third kappa shape index (κ3) is 3.05. The highest BCUT2D eigenvalue weighted by Crippen LogP contribution is 2.25. The molecule has 0 aliphatic carbocycles. The molecule has 0 aliphatic rings. The molecule has 0 spiro atoms. The number of nitrogens with zero attached hydrogens (tertiary/aromatic N) is 4. The molecule has 122 valence electrons. The first-order chi connectivity index (χ1) is 10.8. The van der Waals surface area contributed by atoms with E-state index in [1.807, 2.05) is 18.4 Å². The van der Waals surface area contributed by atoms with E-state index >= 15 is 0 Å². The molecule has 0 amide bonds. The highest BCUT2D eigenvalue weighted by molar-refractivity contribution is 7.09. The molecule has 2 heterocycles. The maximum Gasteiger partial charge on any atom is 0.332 e. The van der Waals surface area contributed by atoms with Crippen molar-refractivity contribution in [1.82, 2.24) is 14.1 Å². The molecule has 0 aliphatic heterocycles. The van der Waals surface area contributed by atoms with Crippen LogP contribution in [0.2, 0.25) is 0 Å². The fourth-order valence-electron chi connectivity index (χ4n) is 2.16. The first-order valence-electron chi connectivity index (χ1n) is 7.19. The topological polar surface area (TPSA) is 92.7 Å². The minimum Gasteiger partial charge on any atom is -0.362 e. The normalized spacial score (nSPS) is 12.2. The minimum absolute atomic E-state index is 0.0826. The Kier molecular flexibility index (Phi) is 4.71. The number of aromatic nitrogens is 3. The third-order valence-electron chi connectivity index (χ3n) is 3.61. The molecular formula is C15H19N5O2S. The van der Waals surface area contributed by atoms with Crippen molar-refractivity contribution >= 4 is 17.2 Å². The summed E-state index contributed by atoms with van der Waals surface area (Å²) in [5, 5.41) is 15.3. The van der Waals surface area contributed by atoms with Gasteiger partial charge in [-0.05, 0) is 6.92 Å². The van der Waals surface area contributed by atoms with Crippen LogP contribution in [0.4, 0.5) is 5.82 Å². The summed E-state index contributed by atoms with van der Waals surface area (Å²) < 4.78 is 2.19. The Morgan fingerprint density at radius 3 is 2.43 bits per heavy atom. The standard InChI is InChI=1S/C15H19N5O2S/c1-8(2)13-18-11(7-23-13)9(3)17-12-10(6-16)14(21)20(5)15(22)19(12)4/h7-9,17H,1-5H3/t9-/m0/s1. The Morgan fingerprint density at radius 1 is 1.26 bits per heavy atom. The number of anilines is 1. The number of rotatable bonds is 4. The molecule has 8 heteroatoms. The molecule has 2 rings (SSSR count). The summed E-state index contributed by atoms with van der Waals surface area (Å²) in [6, 6.07) is 1.65. The van der Waals surface area contributed by atoms with Gasteiger partial charge < -0.3 is 5.32 Å². The highest BCUT2D eigenvalue weighted by Gasteiger charge is 2.19. The van der Waals surface area contributed by atoms with Gasteiger partial charge in [-0.15, -0.1) is 11.3 Å². The summed E-state index contributed by atoms with van der Waals surface area (Å²) in [5.41, 5.74) is -0.354. The van der Waals surface area contributed by atoms with E-state index in [-0.39, 0.29) is 17.4 Å². The van der Waals surface area contributed by atoms with Gasteiger partial charge in [0, 0.05) is 25.4 Å². The molecule has 1 N–H and O–H groups in total. The summed E-state index contributed by atoms with van der Waals surface area (Å²) >= 11 is 1.57. The van der Waals surface area contributed by atoms with E-state index < -0.39 is 11.2 Å². The Balaban J connectivity index is 2.45. The number of nitriles is 1. The lowest BCUT2D eigenvalue weighted by atomic mass is 10.2. The van der Waals surface area contributed by atoms with Gasteiger partial charge in [0.1, 0.15) is 11.9 Å². The van der Waals surface area contributed by atoms with Crippen LogP contribution in [0.15, 0.2) is 15.0 Å². The predicted octanol–water partition coefficient (Wildman–Crippen LogP) is 1.71. The monoisotopic (exact) mass is 333 g/mol. The van der Waals surface area contributed by atoms with E-state index in [4.69, 9.17) is 0 Å². The molecule has 2 aromatic rings. The Labute approximate surface area is 137 Å². The molecule has 0 unspecified atom stereocenters. The lowest BCUT2D eigenvalue weighted by molar-refractivity contribution is 0.676. The zero-order valence-electron chi connectivity index (χ0n) is 13.7. The van der Waals surface area contributed by atoms with Crippen molar-refractivity contribution in [1.29, 1.82) is 5.26 Å². The van der Waals surface area contributed by atoms with Crippen molar-refractivity contribution in [2.45, 2.75) is 32.7 Å². The van der Waals surface area contributed by atoms with Crippen molar-refractivity contribution in [3.63, 3.8) is 0 Å². The smallest absolute Gasteiger partial charge is 0.332 e. The summed E-state index contributed by atoms with van der Waals surface area (Å²) in [7, 11) is 2.88. The van der Waals surface area contributed by atoms with Crippen molar-refractivity contribution < 1.29 is 0 Å². The average Bonchev–Trinajstić information content (AvgIpc) is 3.01.